The first-order valence-corrected chi connectivity index (χ1v) is 17.2. The fourth-order valence-corrected chi connectivity index (χ4v) is 6.52. The number of hydrogen-bond donors (Lipinski definition) is 1. The highest BCUT2D eigenvalue weighted by Crippen LogP contribution is 2.42. The molecule has 202 valence electrons. The Hall–Kier alpha value is 0.530. The molecule has 0 aliphatic heterocycles. The van der Waals surface area contributed by atoms with E-state index in [0.717, 1.165) is 0 Å². The summed E-state index contributed by atoms with van der Waals surface area (Å²) in [4.78, 5) is 1.47. The highest BCUT2D eigenvalue weighted by atomic mass is 32.2. The van der Waals surface area contributed by atoms with E-state index in [4.69, 9.17) is 12.6 Å². The molecule has 3 heteroatoms. The van der Waals surface area contributed by atoms with Gasteiger partial charge in [0.15, 0.2) is 0 Å². The smallest absolute Gasteiger partial charge is 0.0332 e. The monoisotopic (exact) mass is 528 g/mol. The molecule has 1 unspecified atom stereocenters. The molecule has 0 aromatic heterocycles. The van der Waals surface area contributed by atoms with Crippen molar-refractivity contribution in [3.63, 3.8) is 0 Å². The van der Waals surface area contributed by atoms with Crippen molar-refractivity contribution in [2.24, 2.45) is 5.41 Å². The molecule has 0 nitrogen and oxygen atoms in total. The first-order chi connectivity index (χ1) is 16.4. The zero-order valence-electron chi connectivity index (χ0n) is 23.9. The molecule has 0 rings (SSSR count). The molecule has 0 aromatic rings. The van der Waals surface area contributed by atoms with Crippen LogP contribution >= 0.6 is 36.2 Å². The fraction of sp³-hybridized carbons (Fsp3) is 0.871. The van der Waals surface area contributed by atoms with Crippen molar-refractivity contribution in [2.45, 2.75) is 162 Å². The Morgan fingerprint density at radius 3 is 1.68 bits per heavy atom. The first-order valence-electron chi connectivity index (χ1n) is 14.7. The van der Waals surface area contributed by atoms with E-state index in [1.807, 2.05) is 23.5 Å². The largest absolute Gasteiger partial charge is 0.137 e. The number of rotatable bonds is 24. The molecular weight excluding hydrogens is 469 g/mol. The van der Waals surface area contributed by atoms with Gasteiger partial charge in [0.1, 0.15) is 0 Å². The molecule has 1 atom stereocenters. The number of unbranched alkanes of at least 4 members (excludes halogenated alkanes) is 12. The Morgan fingerprint density at radius 2 is 1.21 bits per heavy atom. The maximum atomic E-state index is 4.83. The molecule has 0 aromatic carbocycles. The lowest BCUT2D eigenvalue weighted by atomic mass is 9.72. The Kier molecular flexibility index (Phi) is 24.3. The van der Waals surface area contributed by atoms with Crippen LogP contribution in [0.4, 0.5) is 0 Å². The second-order valence-electron chi connectivity index (χ2n) is 10.7. The molecule has 0 heterocycles. The van der Waals surface area contributed by atoms with Gasteiger partial charge in [0.25, 0.3) is 0 Å². The van der Waals surface area contributed by atoms with Gasteiger partial charge in [-0.25, -0.2) is 0 Å². The molecular formula is C31H60S3. The molecule has 0 aliphatic carbocycles. The third kappa shape index (κ3) is 20.7. The van der Waals surface area contributed by atoms with Crippen LogP contribution in [0.1, 0.15) is 157 Å². The van der Waals surface area contributed by atoms with Crippen molar-refractivity contribution in [3.8, 4) is 0 Å². The van der Waals surface area contributed by atoms with Crippen LogP contribution in [-0.4, -0.2) is 11.5 Å². The third-order valence-electron chi connectivity index (χ3n) is 7.12. The number of allylic oxidation sites excluding steroid dienone is 3. The zero-order valence-corrected chi connectivity index (χ0v) is 26.5. The summed E-state index contributed by atoms with van der Waals surface area (Å²) in [5, 5.41) is 0.608. The summed E-state index contributed by atoms with van der Waals surface area (Å²) in [5.41, 5.74) is 0.453. The standard InChI is InChI=1S/C31H60S3/c1-7-9-11-13-14-15-16-17-18-20-25-31(24-19-12-10-8-2,26-21-22-29(5)33-6)27-23-30(32)34-28(3)4/h22-23,28,32H,7-21,24-27H2,1-6H3/b29-22-,30-23-. The lowest BCUT2D eigenvalue weighted by Crippen LogP contribution is -2.20. The van der Waals surface area contributed by atoms with Crippen molar-refractivity contribution in [1.29, 1.82) is 0 Å². The van der Waals surface area contributed by atoms with Crippen LogP contribution in [0.2, 0.25) is 0 Å². The normalized spacial score (nSPS) is 14.7. The minimum absolute atomic E-state index is 0.453. The summed E-state index contributed by atoms with van der Waals surface area (Å²) >= 11 is 8.64. The van der Waals surface area contributed by atoms with E-state index in [0.29, 0.717) is 10.7 Å². The van der Waals surface area contributed by atoms with E-state index in [2.05, 4.69) is 53.0 Å². The van der Waals surface area contributed by atoms with E-state index in [9.17, 15) is 0 Å². The molecule has 0 fully saturated rings. The predicted octanol–water partition coefficient (Wildman–Crippen LogP) is 12.6. The van der Waals surface area contributed by atoms with Crippen LogP contribution < -0.4 is 0 Å². The van der Waals surface area contributed by atoms with Gasteiger partial charge >= 0.3 is 0 Å². The van der Waals surface area contributed by atoms with Gasteiger partial charge in [-0.1, -0.05) is 130 Å². The summed E-state index contributed by atoms with van der Waals surface area (Å²) in [6.45, 7) is 11.4. The van der Waals surface area contributed by atoms with E-state index >= 15 is 0 Å². The van der Waals surface area contributed by atoms with Gasteiger partial charge in [-0.3, -0.25) is 0 Å². The molecule has 0 aliphatic rings. The quantitative estimate of drug-likeness (QED) is 0.0976. The zero-order chi connectivity index (χ0) is 25.5. The molecule has 0 radical (unpaired) electrons. The molecule has 0 amide bonds. The van der Waals surface area contributed by atoms with Gasteiger partial charge in [0.05, 0.1) is 0 Å². The lowest BCUT2D eigenvalue weighted by molar-refractivity contribution is 0.206. The number of thiol groups is 1. The lowest BCUT2D eigenvalue weighted by Gasteiger charge is -2.34. The summed E-state index contributed by atoms with van der Waals surface area (Å²) in [6.07, 6.45) is 33.5. The van der Waals surface area contributed by atoms with Crippen molar-refractivity contribution in [2.75, 3.05) is 6.26 Å². The van der Waals surface area contributed by atoms with Gasteiger partial charge in [-0.05, 0) is 55.6 Å². The highest BCUT2D eigenvalue weighted by molar-refractivity contribution is 8.15. The third-order valence-corrected chi connectivity index (χ3v) is 9.30. The minimum Gasteiger partial charge on any atom is -0.137 e. The summed E-state index contributed by atoms with van der Waals surface area (Å²) < 4.78 is 1.23. The Morgan fingerprint density at radius 1 is 0.735 bits per heavy atom. The topological polar surface area (TPSA) is 0 Å². The van der Waals surface area contributed by atoms with Crippen molar-refractivity contribution < 1.29 is 0 Å². The van der Waals surface area contributed by atoms with Gasteiger partial charge in [0, 0.05) is 9.49 Å². The number of hydrogen-bond acceptors (Lipinski definition) is 3. The minimum atomic E-state index is 0.453. The fourth-order valence-electron chi connectivity index (χ4n) is 4.85. The molecule has 0 spiro atoms. The molecule has 0 saturated heterocycles. The van der Waals surface area contributed by atoms with Crippen LogP contribution in [-0.2, 0) is 0 Å². The van der Waals surface area contributed by atoms with Gasteiger partial charge in [-0.2, -0.15) is 0 Å². The molecule has 34 heavy (non-hydrogen) atoms. The Balaban J connectivity index is 4.95. The van der Waals surface area contributed by atoms with E-state index in [-0.39, 0.29) is 0 Å². The van der Waals surface area contributed by atoms with Crippen LogP contribution in [0.15, 0.2) is 21.3 Å². The second-order valence-corrected chi connectivity index (χ2v) is 14.2. The van der Waals surface area contributed by atoms with Crippen LogP contribution in [0.5, 0.6) is 0 Å². The molecule has 0 bridgehead atoms. The summed E-state index contributed by atoms with van der Waals surface area (Å²) in [5.74, 6) is 0. The average Bonchev–Trinajstić information content (AvgIpc) is 2.81. The summed E-state index contributed by atoms with van der Waals surface area (Å²) in [7, 11) is 0. The molecule has 0 saturated carbocycles. The molecule has 0 N–H and O–H groups in total. The maximum Gasteiger partial charge on any atom is 0.0332 e. The van der Waals surface area contributed by atoms with Crippen LogP contribution in [0, 0.1) is 5.41 Å². The van der Waals surface area contributed by atoms with E-state index in [1.54, 1.807) is 0 Å². The van der Waals surface area contributed by atoms with Crippen molar-refractivity contribution >= 4 is 36.2 Å². The van der Waals surface area contributed by atoms with Crippen molar-refractivity contribution in [1.82, 2.24) is 0 Å². The van der Waals surface area contributed by atoms with Crippen LogP contribution in [0.3, 0.4) is 0 Å². The highest BCUT2D eigenvalue weighted by Gasteiger charge is 2.27. The Labute approximate surface area is 230 Å². The Bertz CT molecular complexity index is 509. The van der Waals surface area contributed by atoms with Gasteiger partial charge in [-0.15, -0.1) is 36.2 Å². The average molecular weight is 529 g/mol. The van der Waals surface area contributed by atoms with Crippen LogP contribution in [0.25, 0.3) is 0 Å². The summed E-state index contributed by atoms with van der Waals surface area (Å²) in [6, 6.07) is 0. The maximum absolute atomic E-state index is 4.83. The second kappa shape index (κ2) is 23.9. The van der Waals surface area contributed by atoms with Crippen molar-refractivity contribution in [3.05, 3.63) is 21.3 Å². The predicted molar refractivity (Wildman–Crippen MR) is 169 cm³/mol. The van der Waals surface area contributed by atoms with E-state index in [1.165, 1.54) is 131 Å². The van der Waals surface area contributed by atoms with E-state index < -0.39 is 0 Å². The SMILES string of the molecule is CCCCCCCCCCCCC(C/C=C(/S)SC(C)C)(CC/C=C(/C)SC)CCCCCC. The van der Waals surface area contributed by atoms with Gasteiger partial charge in [0.2, 0.25) is 0 Å². The van der Waals surface area contributed by atoms with Gasteiger partial charge < -0.3 is 0 Å². The first kappa shape index (κ1) is 34.5. The number of thioether (sulfide) groups is 2.